The number of allylic oxidation sites excluding steroid dienone is 1. The zero-order valence-corrected chi connectivity index (χ0v) is 15.2. The van der Waals surface area contributed by atoms with E-state index in [1.807, 2.05) is 24.3 Å². The van der Waals surface area contributed by atoms with Crippen LogP contribution in [0.3, 0.4) is 0 Å². The molecule has 26 heavy (non-hydrogen) atoms. The number of benzene rings is 2. The van der Waals surface area contributed by atoms with Crippen LogP contribution in [0.4, 0.5) is 5.69 Å². The predicted molar refractivity (Wildman–Crippen MR) is 106 cm³/mol. The van der Waals surface area contributed by atoms with Crippen LogP contribution < -0.4 is 4.90 Å². The Bertz CT molecular complexity index is 879. The van der Waals surface area contributed by atoms with Crippen molar-refractivity contribution in [2.45, 2.75) is 13.5 Å². The van der Waals surface area contributed by atoms with E-state index in [-0.39, 0.29) is 5.78 Å². The number of carbonyl (C=O) groups is 1. The van der Waals surface area contributed by atoms with E-state index in [0.29, 0.717) is 5.56 Å². The number of ketones is 1. The molecule has 1 heterocycles. The fourth-order valence-electron chi connectivity index (χ4n) is 2.80. The van der Waals surface area contributed by atoms with Crippen molar-refractivity contribution in [2.24, 2.45) is 7.05 Å². The Morgan fingerprint density at radius 1 is 1.12 bits per heavy atom. The number of hydrogen-bond acceptors (Lipinski definition) is 3. The summed E-state index contributed by atoms with van der Waals surface area (Å²) in [5.74, 6) is -0.0403. The zero-order valence-electron chi connectivity index (χ0n) is 15.2. The van der Waals surface area contributed by atoms with Crippen LogP contribution in [0.15, 0.2) is 73.1 Å². The Hall–Kier alpha value is -3.14. The SMILES string of the molecule is CCN(Cc1ccccc1)c1ccc(C=CC(=O)c2cnn(C)c2)cc1. The number of aryl methyl sites for hydroxylation is 1. The summed E-state index contributed by atoms with van der Waals surface area (Å²) in [5, 5.41) is 4.02. The number of nitrogens with zero attached hydrogens (tertiary/aromatic N) is 3. The van der Waals surface area contributed by atoms with Crippen molar-refractivity contribution in [3.05, 3.63) is 89.8 Å². The molecule has 1 aromatic heterocycles. The highest BCUT2D eigenvalue weighted by molar-refractivity contribution is 6.06. The molecule has 0 atom stereocenters. The molecule has 0 spiro atoms. The maximum atomic E-state index is 12.1. The smallest absolute Gasteiger partial charge is 0.189 e. The number of rotatable bonds is 7. The Labute approximate surface area is 154 Å². The first kappa shape index (κ1) is 17.7. The molecule has 0 amide bonds. The van der Waals surface area contributed by atoms with Crippen molar-refractivity contribution in [1.29, 1.82) is 0 Å². The van der Waals surface area contributed by atoms with Crippen molar-refractivity contribution in [2.75, 3.05) is 11.4 Å². The van der Waals surface area contributed by atoms with E-state index in [2.05, 4.69) is 53.3 Å². The first-order valence-corrected chi connectivity index (χ1v) is 8.75. The monoisotopic (exact) mass is 345 g/mol. The van der Waals surface area contributed by atoms with Crippen molar-refractivity contribution >= 4 is 17.5 Å². The average Bonchev–Trinajstić information content (AvgIpc) is 3.12. The molecule has 0 saturated heterocycles. The summed E-state index contributed by atoms with van der Waals surface area (Å²) in [5.41, 5.74) is 4.06. The van der Waals surface area contributed by atoms with Crippen LogP contribution in [-0.2, 0) is 13.6 Å². The van der Waals surface area contributed by atoms with Gasteiger partial charge < -0.3 is 4.90 Å². The quantitative estimate of drug-likeness (QED) is 0.472. The second-order valence-corrected chi connectivity index (χ2v) is 6.19. The average molecular weight is 345 g/mol. The summed E-state index contributed by atoms with van der Waals surface area (Å²) in [6.45, 7) is 3.97. The van der Waals surface area contributed by atoms with E-state index in [0.717, 1.165) is 18.7 Å². The number of hydrogen-bond donors (Lipinski definition) is 0. The molecular weight excluding hydrogens is 322 g/mol. The van der Waals surface area contributed by atoms with E-state index >= 15 is 0 Å². The fourth-order valence-corrected chi connectivity index (χ4v) is 2.80. The Morgan fingerprint density at radius 2 is 1.85 bits per heavy atom. The predicted octanol–water partition coefficient (Wildman–Crippen LogP) is 4.34. The van der Waals surface area contributed by atoms with Crippen molar-refractivity contribution in [3.8, 4) is 0 Å². The first-order valence-electron chi connectivity index (χ1n) is 8.75. The molecule has 0 unspecified atom stereocenters. The normalized spacial score (nSPS) is 11.0. The summed E-state index contributed by atoms with van der Waals surface area (Å²) < 4.78 is 1.63. The summed E-state index contributed by atoms with van der Waals surface area (Å²) in [6.07, 6.45) is 6.73. The van der Waals surface area contributed by atoms with Gasteiger partial charge in [-0.25, -0.2) is 0 Å². The molecule has 3 aromatic rings. The molecule has 0 radical (unpaired) electrons. The van der Waals surface area contributed by atoms with Gasteiger partial charge in [0.15, 0.2) is 5.78 Å². The molecule has 0 saturated carbocycles. The van der Waals surface area contributed by atoms with Gasteiger partial charge in [0.25, 0.3) is 0 Å². The number of anilines is 1. The number of aromatic nitrogens is 2. The molecule has 0 bridgehead atoms. The van der Waals surface area contributed by atoms with E-state index in [1.165, 1.54) is 11.3 Å². The van der Waals surface area contributed by atoms with Gasteiger partial charge in [-0.05, 0) is 36.3 Å². The van der Waals surface area contributed by atoms with Crippen molar-refractivity contribution in [1.82, 2.24) is 9.78 Å². The zero-order chi connectivity index (χ0) is 18.4. The standard InChI is InChI=1S/C22H23N3O/c1-3-25(16-19-7-5-4-6-8-19)21-12-9-18(10-13-21)11-14-22(26)20-15-23-24(2)17-20/h4-15,17H,3,16H2,1-2H3. The van der Waals surface area contributed by atoms with Crippen molar-refractivity contribution in [3.63, 3.8) is 0 Å². The van der Waals surface area contributed by atoms with Crippen LogP contribution in [0.25, 0.3) is 6.08 Å². The lowest BCUT2D eigenvalue weighted by molar-refractivity contribution is 0.104. The third kappa shape index (κ3) is 4.48. The van der Waals surface area contributed by atoms with Gasteiger partial charge in [0.05, 0.1) is 11.8 Å². The minimum Gasteiger partial charge on any atom is -0.367 e. The minimum absolute atomic E-state index is 0.0403. The van der Waals surface area contributed by atoms with Gasteiger partial charge >= 0.3 is 0 Å². The van der Waals surface area contributed by atoms with Crippen LogP contribution in [0.2, 0.25) is 0 Å². The van der Waals surface area contributed by atoms with Gasteiger partial charge in [-0.2, -0.15) is 5.10 Å². The molecule has 4 nitrogen and oxygen atoms in total. The molecule has 0 N–H and O–H groups in total. The third-order valence-electron chi connectivity index (χ3n) is 4.27. The minimum atomic E-state index is -0.0403. The summed E-state index contributed by atoms with van der Waals surface area (Å²) >= 11 is 0. The summed E-state index contributed by atoms with van der Waals surface area (Å²) in [7, 11) is 1.80. The summed E-state index contributed by atoms with van der Waals surface area (Å²) in [4.78, 5) is 14.4. The fraction of sp³-hybridized carbons (Fsp3) is 0.182. The van der Waals surface area contributed by atoms with Crippen LogP contribution in [-0.4, -0.2) is 22.1 Å². The van der Waals surface area contributed by atoms with E-state index in [1.54, 1.807) is 30.2 Å². The second kappa shape index (κ2) is 8.30. The highest BCUT2D eigenvalue weighted by Gasteiger charge is 2.06. The van der Waals surface area contributed by atoms with Crippen LogP contribution >= 0.6 is 0 Å². The lowest BCUT2D eigenvalue weighted by Crippen LogP contribution is -2.21. The van der Waals surface area contributed by atoms with Crippen LogP contribution in [0.1, 0.15) is 28.4 Å². The molecule has 2 aromatic carbocycles. The van der Waals surface area contributed by atoms with Gasteiger partial charge in [0.2, 0.25) is 0 Å². The molecule has 4 heteroatoms. The third-order valence-corrected chi connectivity index (χ3v) is 4.27. The molecule has 0 fully saturated rings. The van der Waals surface area contributed by atoms with Crippen LogP contribution in [0.5, 0.6) is 0 Å². The van der Waals surface area contributed by atoms with Gasteiger partial charge in [0.1, 0.15) is 0 Å². The van der Waals surface area contributed by atoms with Crippen molar-refractivity contribution < 1.29 is 4.79 Å². The molecule has 0 aliphatic heterocycles. The van der Waals surface area contributed by atoms with E-state index in [4.69, 9.17) is 0 Å². The van der Waals surface area contributed by atoms with E-state index < -0.39 is 0 Å². The van der Waals surface area contributed by atoms with Gasteiger partial charge in [-0.3, -0.25) is 9.48 Å². The highest BCUT2D eigenvalue weighted by atomic mass is 16.1. The maximum Gasteiger partial charge on any atom is 0.189 e. The van der Waals surface area contributed by atoms with Gasteiger partial charge in [-0.1, -0.05) is 48.5 Å². The van der Waals surface area contributed by atoms with E-state index in [9.17, 15) is 4.79 Å². The second-order valence-electron chi connectivity index (χ2n) is 6.19. The van der Waals surface area contributed by atoms with Crippen LogP contribution in [0, 0.1) is 0 Å². The Morgan fingerprint density at radius 3 is 2.46 bits per heavy atom. The Balaban J connectivity index is 1.67. The molecule has 3 rings (SSSR count). The maximum absolute atomic E-state index is 12.1. The largest absolute Gasteiger partial charge is 0.367 e. The van der Waals surface area contributed by atoms with Gasteiger partial charge in [0, 0.05) is 32.0 Å². The highest BCUT2D eigenvalue weighted by Crippen LogP contribution is 2.18. The Kier molecular flexibility index (Phi) is 5.64. The molecule has 0 aliphatic rings. The lowest BCUT2D eigenvalue weighted by atomic mass is 10.1. The molecular formula is C22H23N3O. The molecule has 0 aliphatic carbocycles. The topological polar surface area (TPSA) is 38.1 Å². The number of carbonyl (C=O) groups excluding carboxylic acids is 1. The lowest BCUT2D eigenvalue weighted by Gasteiger charge is -2.23. The first-order chi connectivity index (χ1) is 12.7. The van der Waals surface area contributed by atoms with Gasteiger partial charge in [-0.15, -0.1) is 0 Å². The molecule has 132 valence electrons. The summed E-state index contributed by atoms with van der Waals surface area (Å²) in [6, 6.07) is 18.7.